The van der Waals surface area contributed by atoms with Gasteiger partial charge in [-0.3, -0.25) is 14.3 Å². The maximum Gasteiger partial charge on any atom is 0.275 e. The predicted octanol–water partition coefficient (Wildman–Crippen LogP) is 2.86. The van der Waals surface area contributed by atoms with Crippen molar-refractivity contribution in [1.82, 2.24) is 14.7 Å². The molecule has 29 heavy (non-hydrogen) atoms. The van der Waals surface area contributed by atoms with Crippen molar-refractivity contribution in [3.63, 3.8) is 0 Å². The van der Waals surface area contributed by atoms with Crippen LogP contribution in [0.25, 0.3) is 0 Å². The van der Waals surface area contributed by atoms with E-state index in [1.54, 1.807) is 13.1 Å². The Morgan fingerprint density at radius 1 is 1.14 bits per heavy atom. The molecule has 1 N–H and O–H groups in total. The zero-order chi connectivity index (χ0) is 20.7. The summed E-state index contributed by atoms with van der Waals surface area (Å²) in [6.07, 6.45) is 1.00. The number of hydrogen-bond donors (Lipinski definition) is 1. The highest BCUT2D eigenvalue weighted by Crippen LogP contribution is 2.39. The standard InChI is InChI=1S/C22H20FN3O3/c1-13-5-3-6-14(9-13)19(15-7-4-8-16(23)10-15)17-12-25(2)22(29)20-21(28)18(27)11-24-26(17)20/h3-11,17,19,28H,12H2,1-2H3. The summed E-state index contributed by atoms with van der Waals surface area (Å²) in [7, 11) is 1.61. The second-order valence-corrected chi connectivity index (χ2v) is 7.35. The van der Waals surface area contributed by atoms with Crippen molar-refractivity contribution in [1.29, 1.82) is 0 Å². The van der Waals surface area contributed by atoms with Crippen LogP contribution in [0, 0.1) is 12.7 Å². The molecule has 148 valence electrons. The van der Waals surface area contributed by atoms with Crippen molar-refractivity contribution in [2.24, 2.45) is 0 Å². The Kier molecular flexibility index (Phi) is 4.66. The Morgan fingerprint density at radius 3 is 2.52 bits per heavy atom. The number of amides is 1. The van der Waals surface area contributed by atoms with Crippen molar-refractivity contribution in [2.45, 2.75) is 18.9 Å². The number of fused-ring (bicyclic) bond motifs is 1. The number of nitrogens with zero attached hydrogens (tertiary/aromatic N) is 3. The fourth-order valence-electron chi connectivity index (χ4n) is 3.98. The molecule has 6 nitrogen and oxygen atoms in total. The zero-order valence-electron chi connectivity index (χ0n) is 16.0. The number of aromatic nitrogens is 2. The minimum atomic E-state index is -0.712. The van der Waals surface area contributed by atoms with E-state index in [2.05, 4.69) is 5.10 Å². The van der Waals surface area contributed by atoms with Gasteiger partial charge in [-0.1, -0.05) is 42.0 Å². The van der Waals surface area contributed by atoms with Gasteiger partial charge in [-0.05, 0) is 30.2 Å². The van der Waals surface area contributed by atoms with Crippen molar-refractivity contribution < 1.29 is 14.3 Å². The van der Waals surface area contributed by atoms with E-state index in [1.165, 1.54) is 21.7 Å². The van der Waals surface area contributed by atoms with E-state index >= 15 is 0 Å². The first-order valence-corrected chi connectivity index (χ1v) is 9.25. The SMILES string of the molecule is Cc1cccc(C(c2cccc(F)c2)C2CN(C)C(=O)c3c(O)c(=O)cnn32)c1. The van der Waals surface area contributed by atoms with E-state index in [0.717, 1.165) is 17.3 Å². The topological polar surface area (TPSA) is 75.4 Å². The second kappa shape index (κ2) is 7.16. The van der Waals surface area contributed by atoms with E-state index in [1.807, 2.05) is 37.3 Å². The first-order valence-electron chi connectivity index (χ1n) is 9.25. The van der Waals surface area contributed by atoms with E-state index in [9.17, 15) is 19.1 Å². The molecule has 0 saturated heterocycles. The van der Waals surface area contributed by atoms with Gasteiger partial charge >= 0.3 is 0 Å². The molecular weight excluding hydrogens is 373 g/mol. The van der Waals surface area contributed by atoms with Crippen LogP contribution in [0.4, 0.5) is 4.39 Å². The van der Waals surface area contributed by atoms with Crippen molar-refractivity contribution in [2.75, 3.05) is 13.6 Å². The van der Waals surface area contributed by atoms with Crippen molar-refractivity contribution >= 4 is 5.91 Å². The molecule has 2 aromatic carbocycles. The molecule has 1 aliphatic heterocycles. The van der Waals surface area contributed by atoms with Crippen LogP contribution in [0.3, 0.4) is 0 Å². The monoisotopic (exact) mass is 393 g/mol. The second-order valence-electron chi connectivity index (χ2n) is 7.35. The number of likely N-dealkylation sites (N-methyl/N-ethyl adjacent to an activating group) is 1. The van der Waals surface area contributed by atoms with Gasteiger partial charge in [-0.2, -0.15) is 5.10 Å². The quantitative estimate of drug-likeness (QED) is 0.743. The van der Waals surface area contributed by atoms with Gasteiger partial charge in [-0.25, -0.2) is 4.39 Å². The van der Waals surface area contributed by atoms with Crippen molar-refractivity contribution in [3.8, 4) is 5.75 Å². The molecule has 2 atom stereocenters. The van der Waals surface area contributed by atoms with Crippen LogP contribution in [0.5, 0.6) is 5.75 Å². The molecular formula is C22H20FN3O3. The molecule has 0 aliphatic carbocycles. The average molecular weight is 393 g/mol. The third-order valence-electron chi connectivity index (χ3n) is 5.30. The van der Waals surface area contributed by atoms with Crippen LogP contribution in [-0.4, -0.2) is 39.3 Å². The fraction of sp³-hybridized carbons (Fsp3) is 0.227. The van der Waals surface area contributed by atoms with Gasteiger partial charge in [0, 0.05) is 19.5 Å². The molecule has 0 bridgehead atoms. The first kappa shape index (κ1) is 18.9. The highest BCUT2D eigenvalue weighted by Gasteiger charge is 2.38. The molecule has 1 aromatic heterocycles. The number of halogens is 1. The van der Waals surface area contributed by atoms with E-state index in [4.69, 9.17) is 0 Å². The number of aromatic hydroxyl groups is 1. The molecule has 2 heterocycles. The minimum absolute atomic E-state index is 0.148. The average Bonchev–Trinajstić information content (AvgIpc) is 2.68. The summed E-state index contributed by atoms with van der Waals surface area (Å²) in [6, 6.07) is 13.7. The van der Waals surface area contributed by atoms with Crippen molar-refractivity contribution in [3.05, 3.63) is 93.2 Å². The van der Waals surface area contributed by atoms with Crippen LogP contribution >= 0.6 is 0 Å². The largest absolute Gasteiger partial charge is 0.502 e. The van der Waals surface area contributed by atoms with Crippen LogP contribution < -0.4 is 5.43 Å². The van der Waals surface area contributed by atoms with Gasteiger partial charge in [0.15, 0.2) is 11.4 Å². The maximum absolute atomic E-state index is 14.1. The number of benzene rings is 2. The third-order valence-corrected chi connectivity index (χ3v) is 5.30. The number of carbonyl (C=O) groups excluding carboxylic acids is 1. The summed E-state index contributed by atoms with van der Waals surface area (Å²) in [5.74, 6) is -1.82. The number of aryl methyl sites for hydroxylation is 1. The lowest BCUT2D eigenvalue weighted by atomic mass is 9.83. The third kappa shape index (κ3) is 3.29. The maximum atomic E-state index is 14.1. The lowest BCUT2D eigenvalue weighted by Crippen LogP contribution is -2.45. The minimum Gasteiger partial charge on any atom is -0.502 e. The highest BCUT2D eigenvalue weighted by molar-refractivity contribution is 5.95. The molecule has 0 saturated carbocycles. The molecule has 0 radical (unpaired) electrons. The molecule has 2 unspecified atom stereocenters. The summed E-state index contributed by atoms with van der Waals surface area (Å²) in [5, 5.41) is 14.4. The smallest absolute Gasteiger partial charge is 0.275 e. The molecule has 3 aromatic rings. The normalized spacial score (nSPS) is 17.1. The van der Waals surface area contributed by atoms with Crippen LogP contribution in [0.15, 0.2) is 59.5 Å². The number of carbonyl (C=O) groups is 1. The summed E-state index contributed by atoms with van der Waals surface area (Å²) >= 11 is 0. The van der Waals surface area contributed by atoms with E-state index in [-0.39, 0.29) is 24.0 Å². The zero-order valence-corrected chi connectivity index (χ0v) is 16.0. The first-order chi connectivity index (χ1) is 13.9. The Bertz CT molecular complexity index is 1110. The van der Waals surface area contributed by atoms with Gasteiger partial charge in [0.25, 0.3) is 5.91 Å². The fourth-order valence-corrected chi connectivity index (χ4v) is 3.98. The number of rotatable bonds is 3. The molecule has 1 aliphatic rings. The summed E-state index contributed by atoms with van der Waals surface area (Å²) in [5.41, 5.74) is 1.82. The molecule has 0 spiro atoms. The molecule has 4 rings (SSSR count). The van der Waals surface area contributed by atoms with Crippen LogP contribution in [0.2, 0.25) is 0 Å². The molecule has 1 amide bonds. The van der Waals surface area contributed by atoms with Crippen LogP contribution in [0.1, 0.15) is 39.1 Å². The Morgan fingerprint density at radius 2 is 1.83 bits per heavy atom. The lowest BCUT2D eigenvalue weighted by molar-refractivity contribution is 0.0686. The Labute approximate surface area is 166 Å². The number of hydrogen-bond acceptors (Lipinski definition) is 4. The van der Waals surface area contributed by atoms with Gasteiger partial charge < -0.3 is 10.0 Å². The predicted molar refractivity (Wildman–Crippen MR) is 106 cm³/mol. The highest BCUT2D eigenvalue weighted by atomic mass is 19.1. The van der Waals surface area contributed by atoms with Crippen LogP contribution in [-0.2, 0) is 0 Å². The Hall–Kier alpha value is -3.48. The summed E-state index contributed by atoms with van der Waals surface area (Å²) in [4.78, 5) is 26.0. The summed E-state index contributed by atoms with van der Waals surface area (Å²) in [6.45, 7) is 2.26. The molecule has 0 fully saturated rings. The van der Waals surface area contributed by atoms with Gasteiger partial charge in [0.05, 0.1) is 12.2 Å². The Balaban J connectivity index is 1.97. The molecule has 7 heteroatoms. The lowest BCUT2D eigenvalue weighted by Gasteiger charge is -2.37. The van der Waals surface area contributed by atoms with Gasteiger partial charge in [0.2, 0.25) is 5.43 Å². The van der Waals surface area contributed by atoms with E-state index < -0.39 is 23.1 Å². The van der Waals surface area contributed by atoms with Gasteiger partial charge in [0.1, 0.15) is 5.82 Å². The van der Waals surface area contributed by atoms with Gasteiger partial charge in [-0.15, -0.1) is 0 Å². The summed E-state index contributed by atoms with van der Waals surface area (Å²) < 4.78 is 15.5. The van der Waals surface area contributed by atoms with E-state index in [0.29, 0.717) is 5.56 Å².